The van der Waals surface area contributed by atoms with Gasteiger partial charge in [0.2, 0.25) is 0 Å². The van der Waals surface area contributed by atoms with Gasteiger partial charge in [0.1, 0.15) is 24.2 Å². The van der Waals surface area contributed by atoms with E-state index in [0.29, 0.717) is 21.3 Å². The summed E-state index contributed by atoms with van der Waals surface area (Å²) in [6, 6.07) is -6.73. The normalized spacial score (nSPS) is 14.6. The van der Waals surface area contributed by atoms with Crippen LogP contribution in [0.5, 0.6) is 0 Å². The fraction of sp³-hybridized carbons (Fsp3) is 0.677. The van der Waals surface area contributed by atoms with Crippen LogP contribution in [0.2, 0.25) is 0 Å². The van der Waals surface area contributed by atoms with Crippen molar-refractivity contribution in [1.82, 2.24) is 20.9 Å². The predicted octanol–water partition coefficient (Wildman–Crippen LogP) is 3.17. The minimum atomic E-state index is -5.97. The molecule has 0 aliphatic heterocycles. The molecular formula is C31H35F15N4O12. The molecule has 0 aliphatic carbocycles. The van der Waals surface area contributed by atoms with Gasteiger partial charge in [0.15, 0.2) is 0 Å². The Morgan fingerprint density at radius 3 is 1.27 bits per heavy atom. The van der Waals surface area contributed by atoms with Crippen LogP contribution in [-0.4, -0.2) is 142 Å². The minimum absolute atomic E-state index is 0.413. The summed E-state index contributed by atoms with van der Waals surface area (Å²) in [5.74, 6) is -19.1. The average molecular weight is 941 g/mol. The zero-order chi connectivity index (χ0) is 48.6. The van der Waals surface area contributed by atoms with Gasteiger partial charge in [-0.05, 0) is 44.9 Å². The van der Waals surface area contributed by atoms with E-state index < -0.39 is 171 Å². The quantitative estimate of drug-likeness (QED) is 0.0498. The molecule has 3 N–H and O–H groups in total. The van der Waals surface area contributed by atoms with Gasteiger partial charge in [-0.2, -0.15) is 65.9 Å². The van der Waals surface area contributed by atoms with Gasteiger partial charge >= 0.3 is 78.4 Å². The number of ether oxygens (including phenoxy) is 4. The number of nitrogens with zero attached hydrogens (tertiary/aromatic N) is 1. The first-order chi connectivity index (χ1) is 28.1. The van der Waals surface area contributed by atoms with Crippen molar-refractivity contribution in [3.8, 4) is 0 Å². The van der Waals surface area contributed by atoms with E-state index in [2.05, 4.69) is 18.9 Å². The van der Waals surface area contributed by atoms with Crippen LogP contribution in [0.1, 0.15) is 44.9 Å². The van der Waals surface area contributed by atoms with Gasteiger partial charge in [0.05, 0.1) is 27.9 Å². The maximum Gasteiger partial charge on any atom is 0.490 e. The van der Waals surface area contributed by atoms with E-state index in [0.717, 1.165) is 11.4 Å². The molecule has 4 unspecified atom stereocenters. The Hall–Kier alpha value is -5.55. The number of amides is 4. The van der Waals surface area contributed by atoms with Crippen molar-refractivity contribution in [2.45, 2.75) is 100 Å². The largest absolute Gasteiger partial charge is 0.490 e. The molecule has 0 rings (SSSR count). The highest BCUT2D eigenvalue weighted by Gasteiger charge is 2.47. The zero-order valence-electron chi connectivity index (χ0n) is 31.8. The van der Waals surface area contributed by atoms with Crippen molar-refractivity contribution in [2.75, 3.05) is 34.4 Å². The second-order valence-corrected chi connectivity index (χ2v) is 12.3. The van der Waals surface area contributed by atoms with Gasteiger partial charge < -0.3 is 39.8 Å². The molecule has 0 saturated heterocycles. The topological polar surface area (TPSA) is 213 Å². The van der Waals surface area contributed by atoms with E-state index >= 15 is 0 Å². The van der Waals surface area contributed by atoms with Crippen LogP contribution in [0, 0.1) is 0 Å². The van der Waals surface area contributed by atoms with E-state index in [1.165, 1.54) is 10.6 Å². The zero-order valence-corrected chi connectivity index (χ0v) is 31.8. The molecule has 356 valence electrons. The fourth-order valence-electron chi connectivity index (χ4n) is 4.75. The number of methoxy groups -OCH3 is 3. The second kappa shape index (κ2) is 23.6. The second-order valence-electron chi connectivity index (χ2n) is 12.3. The third-order valence-electron chi connectivity index (χ3n) is 7.66. The molecule has 0 bridgehead atoms. The Bertz CT molecular complexity index is 1630. The Morgan fingerprint density at radius 2 is 0.919 bits per heavy atom. The first-order valence-corrected chi connectivity index (χ1v) is 16.8. The first-order valence-electron chi connectivity index (χ1n) is 16.8. The van der Waals surface area contributed by atoms with Gasteiger partial charge in [-0.1, -0.05) is 11.6 Å². The molecule has 4 atom stereocenters. The van der Waals surface area contributed by atoms with Crippen LogP contribution >= 0.6 is 0 Å². The number of esters is 4. The van der Waals surface area contributed by atoms with Crippen molar-refractivity contribution in [3.05, 3.63) is 11.6 Å². The lowest BCUT2D eigenvalue weighted by atomic mass is 10.0. The minimum Gasteiger partial charge on any atom is -0.467 e. The molecule has 0 radical (unpaired) electrons. The molecule has 31 heteroatoms. The highest BCUT2D eigenvalue weighted by atomic mass is 19.4. The molecule has 0 spiro atoms. The first kappa shape index (κ1) is 56.5. The monoisotopic (exact) mass is 940 g/mol. The highest BCUT2D eigenvalue weighted by molar-refractivity contribution is 5.89. The molecule has 0 heterocycles. The third-order valence-corrected chi connectivity index (χ3v) is 7.66. The Labute approximate surface area is 338 Å². The molecule has 4 amide bonds. The number of unbranched alkanes of at least 4 members (excludes halogenated alkanes) is 1. The number of carbonyl (C=O) groups excluding carboxylic acids is 8. The lowest BCUT2D eigenvalue weighted by Gasteiger charge is -2.30. The number of hydrogen-bond acceptors (Lipinski definition) is 12. The number of allylic oxidation sites excluding steroid dienone is 1. The standard InChI is InChI=1S/C31H35F15N4O12/c1-59-19(51)16(47-22(54)27(32,33)34)7-5-4-6-14(8-10-17(20(52)60-2)48-23(55)28(35,36)37)12-50(25(57)30(41,42)43)13-15(62-26(58)31(44,45)46)9-11-18(21(53)61-3)49-24(56)29(38,39)40/h6,15-18H,4-5,7-13H2,1-3H3,(H,47,54)(H,48,55)(H,49,56)/b14-6-. The lowest BCUT2D eigenvalue weighted by molar-refractivity contribution is -0.207. The van der Waals surface area contributed by atoms with Gasteiger partial charge in [0.25, 0.3) is 0 Å². The summed E-state index contributed by atoms with van der Waals surface area (Å²) in [4.78, 5) is 94.7. The number of carbonyl (C=O) groups is 8. The SMILES string of the molecule is COC(=O)C(CCC/C=C(/CCC(NC(=O)C(F)(F)F)C(=O)OC)CN(CC(CCC(NC(=O)C(F)(F)F)C(=O)OC)OC(=O)C(F)(F)F)C(=O)C(F)(F)F)NC(=O)C(F)(F)F. The summed E-state index contributed by atoms with van der Waals surface area (Å²) in [5, 5.41) is 3.60. The van der Waals surface area contributed by atoms with Gasteiger partial charge in [-0.15, -0.1) is 0 Å². The van der Waals surface area contributed by atoms with E-state index in [1.54, 1.807) is 0 Å². The summed E-state index contributed by atoms with van der Waals surface area (Å²) in [5.41, 5.74) is -0.613. The fourth-order valence-corrected chi connectivity index (χ4v) is 4.75. The number of nitrogens with one attached hydrogen (secondary N) is 3. The third kappa shape index (κ3) is 20.3. The lowest BCUT2D eigenvalue weighted by Crippen LogP contribution is -2.49. The maximum atomic E-state index is 13.9. The Morgan fingerprint density at radius 1 is 0.532 bits per heavy atom. The van der Waals surface area contributed by atoms with Crippen LogP contribution < -0.4 is 16.0 Å². The molecule has 0 aromatic carbocycles. The number of rotatable bonds is 21. The molecule has 0 fully saturated rings. The summed E-state index contributed by atoms with van der Waals surface area (Å²) in [7, 11) is 1.87. The molecule has 16 nitrogen and oxygen atoms in total. The van der Waals surface area contributed by atoms with Crippen molar-refractivity contribution in [3.63, 3.8) is 0 Å². The number of hydrogen-bond donors (Lipinski definition) is 3. The van der Waals surface area contributed by atoms with Crippen molar-refractivity contribution < 1.29 is 123 Å². The molecule has 0 aromatic heterocycles. The van der Waals surface area contributed by atoms with Gasteiger partial charge in [-0.3, -0.25) is 19.2 Å². The molecule has 0 aliphatic rings. The molecule has 0 saturated carbocycles. The number of halogens is 15. The molecule has 62 heavy (non-hydrogen) atoms. The summed E-state index contributed by atoms with van der Waals surface area (Å²) in [6.45, 7) is -3.30. The van der Waals surface area contributed by atoms with E-state index in [-0.39, 0.29) is 0 Å². The van der Waals surface area contributed by atoms with Crippen LogP contribution in [0.4, 0.5) is 65.9 Å². The smallest absolute Gasteiger partial charge is 0.467 e. The van der Waals surface area contributed by atoms with E-state index in [9.17, 15) is 104 Å². The predicted molar refractivity (Wildman–Crippen MR) is 169 cm³/mol. The maximum absolute atomic E-state index is 13.9. The highest BCUT2D eigenvalue weighted by Crippen LogP contribution is 2.26. The van der Waals surface area contributed by atoms with Crippen LogP contribution in [0.3, 0.4) is 0 Å². The van der Waals surface area contributed by atoms with Crippen molar-refractivity contribution >= 4 is 47.5 Å². The molecular weight excluding hydrogens is 905 g/mol. The molecule has 0 aromatic rings. The van der Waals surface area contributed by atoms with Crippen molar-refractivity contribution in [2.24, 2.45) is 0 Å². The van der Waals surface area contributed by atoms with Crippen LogP contribution in [-0.2, 0) is 57.3 Å². The summed E-state index contributed by atoms with van der Waals surface area (Å²) < 4.78 is 214. The van der Waals surface area contributed by atoms with Gasteiger partial charge in [0, 0.05) is 6.54 Å². The van der Waals surface area contributed by atoms with E-state index in [4.69, 9.17) is 0 Å². The Kier molecular flexibility index (Phi) is 21.5. The summed E-state index contributed by atoms with van der Waals surface area (Å²) in [6.07, 6.45) is -37.1. The van der Waals surface area contributed by atoms with Gasteiger partial charge in [-0.25, -0.2) is 19.2 Å². The average Bonchev–Trinajstić information content (AvgIpc) is 3.14. The van der Waals surface area contributed by atoms with Crippen molar-refractivity contribution in [1.29, 1.82) is 0 Å². The van der Waals surface area contributed by atoms with Crippen LogP contribution in [0.25, 0.3) is 0 Å². The Balaban J connectivity index is 7.18. The van der Waals surface area contributed by atoms with Crippen LogP contribution in [0.15, 0.2) is 11.6 Å². The summed E-state index contributed by atoms with van der Waals surface area (Å²) >= 11 is 0. The van der Waals surface area contributed by atoms with E-state index in [1.807, 2.05) is 0 Å². The number of alkyl halides is 15.